The van der Waals surface area contributed by atoms with Crippen molar-refractivity contribution in [2.75, 3.05) is 42.7 Å². The molecular formula is C12H14F3N3O3. The number of rotatable bonds is 5. The van der Waals surface area contributed by atoms with E-state index in [1.54, 1.807) is 6.07 Å². The minimum absolute atomic E-state index is 0.0789. The van der Waals surface area contributed by atoms with Crippen LogP contribution in [0.4, 0.5) is 30.2 Å². The van der Waals surface area contributed by atoms with Crippen molar-refractivity contribution < 1.29 is 27.4 Å². The summed E-state index contributed by atoms with van der Waals surface area (Å²) in [5, 5.41) is 5.45. The summed E-state index contributed by atoms with van der Waals surface area (Å²) in [7, 11) is 0. The molecule has 0 aromatic heterocycles. The molecule has 0 unspecified atom stereocenters. The molecule has 21 heavy (non-hydrogen) atoms. The molecule has 0 spiro atoms. The number of nitrogens with one attached hydrogen (secondary N) is 2. The van der Waals surface area contributed by atoms with Crippen LogP contribution in [-0.4, -0.2) is 38.4 Å². The summed E-state index contributed by atoms with van der Waals surface area (Å²) in [6.07, 6.45) is -4.34. The molecule has 9 heteroatoms. The largest absolute Gasteiger partial charge is 0.482 e. The Balaban J connectivity index is 1.89. The van der Waals surface area contributed by atoms with E-state index in [0.29, 0.717) is 22.8 Å². The first-order chi connectivity index (χ1) is 9.85. The summed E-state index contributed by atoms with van der Waals surface area (Å²) in [4.78, 5) is 11.2. The Kier molecular flexibility index (Phi) is 4.41. The maximum atomic E-state index is 11.9. The number of nitrogens with two attached hydrogens (primary N) is 1. The van der Waals surface area contributed by atoms with Gasteiger partial charge in [-0.15, -0.1) is 0 Å². The minimum atomic E-state index is -4.34. The summed E-state index contributed by atoms with van der Waals surface area (Å²) in [5.74, 6) is 0.165. The van der Waals surface area contributed by atoms with Crippen LogP contribution in [0.15, 0.2) is 12.1 Å². The molecule has 6 nitrogen and oxygen atoms in total. The van der Waals surface area contributed by atoms with Gasteiger partial charge in [-0.3, -0.25) is 4.79 Å². The van der Waals surface area contributed by atoms with Crippen LogP contribution in [-0.2, 0) is 9.53 Å². The van der Waals surface area contributed by atoms with Gasteiger partial charge in [0.2, 0.25) is 0 Å². The fraction of sp³-hybridized carbons (Fsp3) is 0.417. The van der Waals surface area contributed by atoms with Crippen LogP contribution >= 0.6 is 0 Å². The smallest absolute Gasteiger partial charge is 0.411 e. The standard InChI is InChI=1S/C12H14F3N3O3/c13-12(14,15)6-20-2-1-17-8-4-9-10(3-7(8)16)21-5-11(19)18-9/h3-4,17H,1-2,5-6,16H2,(H,18,19). The SMILES string of the molecule is Nc1cc2c(cc1NCCOCC(F)(F)F)NC(=O)CO2. The van der Waals surface area contributed by atoms with Crippen LogP contribution in [0.2, 0.25) is 0 Å². The summed E-state index contributed by atoms with van der Waals surface area (Å²) in [6.45, 7) is -1.35. The lowest BCUT2D eigenvalue weighted by atomic mass is 10.2. The van der Waals surface area contributed by atoms with Crippen molar-refractivity contribution in [2.24, 2.45) is 0 Å². The molecular weight excluding hydrogens is 291 g/mol. The van der Waals surface area contributed by atoms with Gasteiger partial charge in [-0.25, -0.2) is 0 Å². The van der Waals surface area contributed by atoms with Crippen molar-refractivity contribution in [3.63, 3.8) is 0 Å². The fourth-order valence-corrected chi connectivity index (χ4v) is 1.74. The molecule has 0 bridgehead atoms. The van der Waals surface area contributed by atoms with Crippen LogP contribution in [0.1, 0.15) is 0 Å². The number of carbonyl (C=O) groups excluding carboxylic acids is 1. The van der Waals surface area contributed by atoms with E-state index in [9.17, 15) is 18.0 Å². The lowest BCUT2D eigenvalue weighted by Gasteiger charge is -2.20. The zero-order chi connectivity index (χ0) is 15.5. The summed E-state index contributed by atoms with van der Waals surface area (Å²) >= 11 is 0. The van der Waals surface area contributed by atoms with Crippen LogP contribution < -0.4 is 21.1 Å². The van der Waals surface area contributed by atoms with Crippen LogP contribution in [0.25, 0.3) is 0 Å². The molecule has 0 saturated heterocycles. The van der Waals surface area contributed by atoms with Crippen molar-refractivity contribution in [3.8, 4) is 5.75 Å². The van der Waals surface area contributed by atoms with Gasteiger partial charge in [0.05, 0.1) is 23.7 Å². The molecule has 4 N–H and O–H groups in total. The molecule has 2 rings (SSSR count). The molecule has 0 atom stereocenters. The molecule has 0 saturated carbocycles. The lowest BCUT2D eigenvalue weighted by molar-refractivity contribution is -0.172. The van der Waals surface area contributed by atoms with Gasteiger partial charge >= 0.3 is 6.18 Å². The van der Waals surface area contributed by atoms with Crippen molar-refractivity contribution in [3.05, 3.63) is 12.1 Å². The summed E-state index contributed by atoms with van der Waals surface area (Å²) in [5.41, 5.74) is 7.09. The van der Waals surface area contributed by atoms with Crippen molar-refractivity contribution in [1.82, 2.24) is 0 Å². The number of nitrogen functional groups attached to an aromatic ring is 1. The molecule has 1 amide bonds. The summed E-state index contributed by atoms with van der Waals surface area (Å²) < 4.78 is 45.3. The highest BCUT2D eigenvalue weighted by molar-refractivity contribution is 5.97. The normalized spacial score (nSPS) is 14.1. The second kappa shape index (κ2) is 6.08. The maximum Gasteiger partial charge on any atom is 0.411 e. The van der Waals surface area contributed by atoms with Crippen molar-refractivity contribution in [2.45, 2.75) is 6.18 Å². The van der Waals surface area contributed by atoms with Gasteiger partial charge in [0.1, 0.15) is 12.4 Å². The van der Waals surface area contributed by atoms with Gasteiger partial charge in [0.15, 0.2) is 6.61 Å². The second-order valence-electron chi connectivity index (χ2n) is 4.37. The van der Waals surface area contributed by atoms with Crippen LogP contribution in [0.3, 0.4) is 0 Å². The maximum absolute atomic E-state index is 11.9. The number of hydrogen-bond donors (Lipinski definition) is 3. The van der Waals surface area contributed by atoms with Gasteiger partial charge in [0, 0.05) is 12.6 Å². The third-order valence-corrected chi connectivity index (χ3v) is 2.61. The fourth-order valence-electron chi connectivity index (χ4n) is 1.74. The predicted octanol–water partition coefficient (Wildman–Crippen LogP) is 1.59. The van der Waals surface area contributed by atoms with Gasteiger partial charge in [-0.1, -0.05) is 0 Å². The number of alkyl halides is 3. The number of hydrogen-bond acceptors (Lipinski definition) is 5. The Labute approximate surface area is 118 Å². The van der Waals surface area contributed by atoms with E-state index in [0.717, 1.165) is 0 Å². The molecule has 116 valence electrons. The van der Waals surface area contributed by atoms with E-state index in [1.165, 1.54) is 6.07 Å². The Bertz CT molecular complexity index is 534. The molecule has 0 radical (unpaired) electrons. The first-order valence-corrected chi connectivity index (χ1v) is 6.10. The first-order valence-electron chi connectivity index (χ1n) is 6.10. The Hall–Kier alpha value is -2.16. The molecule has 1 aromatic carbocycles. The van der Waals surface area contributed by atoms with E-state index in [4.69, 9.17) is 10.5 Å². The number of halogens is 3. The molecule has 0 aliphatic carbocycles. The zero-order valence-corrected chi connectivity index (χ0v) is 10.9. The number of anilines is 3. The van der Waals surface area contributed by atoms with Crippen molar-refractivity contribution in [1.29, 1.82) is 0 Å². The Morgan fingerprint density at radius 3 is 2.90 bits per heavy atom. The average Bonchev–Trinajstić information content (AvgIpc) is 2.38. The highest BCUT2D eigenvalue weighted by Gasteiger charge is 2.27. The van der Waals surface area contributed by atoms with Crippen LogP contribution in [0, 0.1) is 0 Å². The molecule has 0 fully saturated rings. The molecule has 1 aromatic rings. The highest BCUT2D eigenvalue weighted by atomic mass is 19.4. The molecule has 1 aliphatic heterocycles. The lowest BCUT2D eigenvalue weighted by Crippen LogP contribution is -2.25. The highest BCUT2D eigenvalue weighted by Crippen LogP contribution is 2.34. The van der Waals surface area contributed by atoms with Gasteiger partial charge in [0.25, 0.3) is 5.91 Å². The van der Waals surface area contributed by atoms with E-state index in [2.05, 4.69) is 15.4 Å². The monoisotopic (exact) mass is 305 g/mol. The number of ether oxygens (including phenoxy) is 2. The molecule has 1 aliphatic rings. The third kappa shape index (κ3) is 4.42. The summed E-state index contributed by atoms with van der Waals surface area (Å²) in [6, 6.07) is 3.10. The van der Waals surface area contributed by atoms with Crippen LogP contribution in [0.5, 0.6) is 5.75 Å². The first kappa shape index (κ1) is 15.2. The zero-order valence-electron chi connectivity index (χ0n) is 10.9. The number of benzene rings is 1. The topological polar surface area (TPSA) is 85.6 Å². The predicted molar refractivity (Wildman–Crippen MR) is 70.3 cm³/mol. The average molecular weight is 305 g/mol. The Morgan fingerprint density at radius 1 is 1.43 bits per heavy atom. The van der Waals surface area contributed by atoms with Crippen molar-refractivity contribution >= 4 is 23.0 Å². The molecule has 1 heterocycles. The number of amides is 1. The minimum Gasteiger partial charge on any atom is -0.482 e. The quantitative estimate of drug-likeness (QED) is 0.568. The van der Waals surface area contributed by atoms with E-state index in [1.807, 2.05) is 0 Å². The third-order valence-electron chi connectivity index (χ3n) is 2.61. The van der Waals surface area contributed by atoms with E-state index < -0.39 is 12.8 Å². The number of fused-ring (bicyclic) bond motifs is 1. The van der Waals surface area contributed by atoms with E-state index >= 15 is 0 Å². The van der Waals surface area contributed by atoms with Gasteiger partial charge < -0.3 is 25.8 Å². The van der Waals surface area contributed by atoms with Gasteiger partial charge in [-0.05, 0) is 6.07 Å². The van der Waals surface area contributed by atoms with E-state index in [-0.39, 0.29) is 25.7 Å². The number of carbonyl (C=O) groups is 1. The Morgan fingerprint density at radius 2 is 2.19 bits per heavy atom. The van der Waals surface area contributed by atoms with Gasteiger partial charge in [-0.2, -0.15) is 13.2 Å². The second-order valence-corrected chi connectivity index (χ2v) is 4.37.